The molecule has 0 saturated carbocycles. The summed E-state index contributed by atoms with van der Waals surface area (Å²) < 4.78 is 5.54. The number of carbonyl (C=O) groups is 3. The number of amides is 3. The summed E-state index contributed by atoms with van der Waals surface area (Å²) in [5.74, 6) is -0.637. The Hall–Kier alpha value is -3.29. The zero-order chi connectivity index (χ0) is 19.4. The number of anilines is 1. The van der Waals surface area contributed by atoms with Crippen LogP contribution in [0.15, 0.2) is 36.5 Å². The highest BCUT2D eigenvalue weighted by molar-refractivity contribution is 6.03. The lowest BCUT2D eigenvalue weighted by atomic mass is 10.1. The van der Waals surface area contributed by atoms with Crippen molar-refractivity contribution in [3.8, 4) is 5.75 Å². The molecular formula is C19H22N4O4. The van der Waals surface area contributed by atoms with Crippen molar-refractivity contribution in [2.24, 2.45) is 5.73 Å². The number of H-pyrrole nitrogens is 1. The molecule has 1 aliphatic heterocycles. The van der Waals surface area contributed by atoms with Gasteiger partial charge in [0.1, 0.15) is 17.5 Å². The lowest BCUT2D eigenvalue weighted by Crippen LogP contribution is -2.43. The molecule has 3 rings (SSSR count). The third-order valence-corrected chi connectivity index (χ3v) is 4.45. The Morgan fingerprint density at radius 2 is 2.11 bits per heavy atom. The standard InChI is InChI=1S/C19H22N4O4/c1-2-27-16-8-4-3-6-13(16)19(26)23-9-5-7-15(23)18(25)22-12-10-14(17(20)24)21-11-12/h3-4,6,8,10-11,15,21H,2,5,7,9H2,1H3,(H2,20,24)(H,22,25). The topological polar surface area (TPSA) is 118 Å². The van der Waals surface area contributed by atoms with E-state index in [1.165, 1.54) is 12.3 Å². The van der Waals surface area contributed by atoms with Crippen molar-refractivity contribution >= 4 is 23.4 Å². The molecule has 2 heterocycles. The quantitative estimate of drug-likeness (QED) is 0.718. The summed E-state index contributed by atoms with van der Waals surface area (Å²) >= 11 is 0. The average molecular weight is 370 g/mol. The first-order valence-electron chi connectivity index (χ1n) is 8.83. The van der Waals surface area contributed by atoms with Crippen LogP contribution in [-0.4, -0.2) is 46.8 Å². The van der Waals surface area contributed by atoms with Gasteiger partial charge < -0.3 is 25.7 Å². The molecule has 2 aromatic rings. The molecule has 1 atom stereocenters. The maximum Gasteiger partial charge on any atom is 0.265 e. The lowest BCUT2D eigenvalue weighted by Gasteiger charge is -2.24. The van der Waals surface area contributed by atoms with E-state index < -0.39 is 11.9 Å². The Labute approximate surface area is 156 Å². The molecule has 1 aliphatic rings. The molecule has 0 spiro atoms. The summed E-state index contributed by atoms with van der Waals surface area (Å²) in [4.78, 5) is 41.1. The number of aromatic nitrogens is 1. The number of para-hydroxylation sites is 1. The lowest BCUT2D eigenvalue weighted by molar-refractivity contribution is -0.119. The van der Waals surface area contributed by atoms with Gasteiger partial charge in [-0.05, 0) is 38.0 Å². The van der Waals surface area contributed by atoms with Gasteiger partial charge in [-0.2, -0.15) is 0 Å². The second kappa shape index (κ2) is 7.94. The normalized spacial score (nSPS) is 16.2. The molecule has 1 saturated heterocycles. The zero-order valence-corrected chi connectivity index (χ0v) is 15.0. The van der Waals surface area contributed by atoms with Crippen molar-refractivity contribution in [2.75, 3.05) is 18.5 Å². The van der Waals surface area contributed by atoms with Gasteiger partial charge in [0.15, 0.2) is 0 Å². The number of benzene rings is 1. The fraction of sp³-hybridized carbons (Fsp3) is 0.316. The van der Waals surface area contributed by atoms with Gasteiger partial charge in [0.05, 0.1) is 17.9 Å². The summed E-state index contributed by atoms with van der Waals surface area (Å²) in [6.45, 7) is 2.80. The monoisotopic (exact) mass is 370 g/mol. The number of aromatic amines is 1. The van der Waals surface area contributed by atoms with E-state index in [9.17, 15) is 14.4 Å². The molecule has 8 nitrogen and oxygen atoms in total. The molecule has 1 aromatic heterocycles. The van der Waals surface area contributed by atoms with Crippen molar-refractivity contribution in [1.82, 2.24) is 9.88 Å². The van der Waals surface area contributed by atoms with Gasteiger partial charge in [-0.25, -0.2) is 0 Å². The van der Waals surface area contributed by atoms with Crippen LogP contribution in [-0.2, 0) is 4.79 Å². The minimum atomic E-state index is -0.610. The van der Waals surface area contributed by atoms with E-state index in [1.807, 2.05) is 6.92 Å². The summed E-state index contributed by atoms with van der Waals surface area (Å²) in [6, 6.07) is 7.90. The highest BCUT2D eigenvalue weighted by Gasteiger charge is 2.35. The first-order chi connectivity index (χ1) is 13.0. The van der Waals surface area contributed by atoms with Crippen molar-refractivity contribution in [1.29, 1.82) is 0 Å². The van der Waals surface area contributed by atoms with E-state index in [2.05, 4.69) is 10.3 Å². The number of nitrogens with zero attached hydrogens (tertiary/aromatic N) is 1. The van der Waals surface area contributed by atoms with Gasteiger partial charge in [0.2, 0.25) is 5.91 Å². The van der Waals surface area contributed by atoms with Crippen molar-refractivity contribution in [3.63, 3.8) is 0 Å². The number of likely N-dealkylation sites (tertiary alicyclic amines) is 1. The molecule has 27 heavy (non-hydrogen) atoms. The van der Waals surface area contributed by atoms with Gasteiger partial charge >= 0.3 is 0 Å². The molecule has 142 valence electrons. The summed E-state index contributed by atoms with van der Waals surface area (Å²) in [5.41, 5.74) is 6.28. The predicted molar refractivity (Wildman–Crippen MR) is 99.6 cm³/mol. The van der Waals surface area contributed by atoms with Crippen LogP contribution in [0.3, 0.4) is 0 Å². The van der Waals surface area contributed by atoms with E-state index in [0.29, 0.717) is 36.6 Å². The largest absolute Gasteiger partial charge is 0.493 e. The van der Waals surface area contributed by atoms with Crippen LogP contribution in [0.25, 0.3) is 0 Å². The number of nitrogens with one attached hydrogen (secondary N) is 2. The van der Waals surface area contributed by atoms with Crippen LogP contribution in [0.1, 0.15) is 40.6 Å². The van der Waals surface area contributed by atoms with Gasteiger partial charge in [0, 0.05) is 12.7 Å². The molecule has 4 N–H and O–H groups in total. The average Bonchev–Trinajstić information content (AvgIpc) is 3.31. The third kappa shape index (κ3) is 3.94. The summed E-state index contributed by atoms with van der Waals surface area (Å²) in [5, 5.41) is 2.73. The molecule has 1 fully saturated rings. The Morgan fingerprint density at radius 1 is 1.33 bits per heavy atom. The smallest absolute Gasteiger partial charge is 0.265 e. The molecule has 8 heteroatoms. The number of hydrogen-bond acceptors (Lipinski definition) is 4. The van der Waals surface area contributed by atoms with Gasteiger partial charge in [-0.1, -0.05) is 12.1 Å². The van der Waals surface area contributed by atoms with Crippen molar-refractivity contribution < 1.29 is 19.1 Å². The van der Waals surface area contributed by atoms with Gasteiger partial charge in [0.25, 0.3) is 11.8 Å². The number of nitrogens with two attached hydrogens (primary N) is 1. The van der Waals surface area contributed by atoms with E-state index in [1.54, 1.807) is 29.2 Å². The Balaban J connectivity index is 1.75. The van der Waals surface area contributed by atoms with Crippen LogP contribution >= 0.6 is 0 Å². The first kappa shape index (κ1) is 18.5. The third-order valence-electron chi connectivity index (χ3n) is 4.45. The Bertz CT molecular complexity index is 861. The number of primary amides is 1. The molecule has 0 radical (unpaired) electrons. The maximum atomic E-state index is 13.0. The van der Waals surface area contributed by atoms with Crippen LogP contribution in [0.2, 0.25) is 0 Å². The predicted octanol–water partition coefficient (Wildman–Crippen LogP) is 1.76. The SMILES string of the molecule is CCOc1ccccc1C(=O)N1CCCC1C(=O)Nc1c[nH]c(C(N)=O)c1. The van der Waals surface area contributed by atoms with E-state index in [0.717, 1.165) is 6.42 Å². The van der Waals surface area contributed by atoms with E-state index in [-0.39, 0.29) is 17.5 Å². The van der Waals surface area contributed by atoms with E-state index >= 15 is 0 Å². The fourth-order valence-electron chi connectivity index (χ4n) is 3.20. The molecule has 0 bridgehead atoms. The van der Waals surface area contributed by atoms with Crippen molar-refractivity contribution in [2.45, 2.75) is 25.8 Å². The number of carbonyl (C=O) groups excluding carboxylic acids is 3. The van der Waals surface area contributed by atoms with Gasteiger partial charge in [-0.15, -0.1) is 0 Å². The van der Waals surface area contributed by atoms with Crippen LogP contribution in [0, 0.1) is 0 Å². The van der Waals surface area contributed by atoms with E-state index in [4.69, 9.17) is 10.5 Å². The molecule has 1 unspecified atom stereocenters. The number of ether oxygens (including phenoxy) is 1. The molecule has 0 aliphatic carbocycles. The summed E-state index contributed by atoms with van der Waals surface area (Å²) in [6.07, 6.45) is 2.80. The van der Waals surface area contributed by atoms with Crippen LogP contribution < -0.4 is 15.8 Å². The summed E-state index contributed by atoms with van der Waals surface area (Å²) in [7, 11) is 0. The zero-order valence-electron chi connectivity index (χ0n) is 15.0. The highest BCUT2D eigenvalue weighted by atomic mass is 16.5. The van der Waals surface area contributed by atoms with Crippen LogP contribution in [0.4, 0.5) is 5.69 Å². The second-order valence-corrected chi connectivity index (χ2v) is 6.24. The Kier molecular flexibility index (Phi) is 5.44. The Morgan fingerprint density at radius 3 is 2.81 bits per heavy atom. The second-order valence-electron chi connectivity index (χ2n) is 6.24. The number of rotatable bonds is 6. The maximum absolute atomic E-state index is 13.0. The first-order valence-corrected chi connectivity index (χ1v) is 8.83. The highest BCUT2D eigenvalue weighted by Crippen LogP contribution is 2.26. The van der Waals surface area contributed by atoms with Gasteiger partial charge in [-0.3, -0.25) is 14.4 Å². The molecule has 1 aromatic carbocycles. The van der Waals surface area contributed by atoms with Crippen molar-refractivity contribution in [3.05, 3.63) is 47.8 Å². The number of hydrogen-bond donors (Lipinski definition) is 3. The van der Waals surface area contributed by atoms with Crippen LogP contribution in [0.5, 0.6) is 5.75 Å². The molecule has 3 amide bonds. The minimum Gasteiger partial charge on any atom is -0.493 e. The fourth-order valence-corrected chi connectivity index (χ4v) is 3.20. The minimum absolute atomic E-state index is 0.204. The molecular weight excluding hydrogens is 348 g/mol.